The number of nitrogens with one attached hydrogen (secondary N) is 2. The van der Waals surface area contributed by atoms with Crippen LogP contribution in [0.25, 0.3) is 0 Å². The summed E-state index contributed by atoms with van der Waals surface area (Å²) < 4.78 is 0. The van der Waals surface area contributed by atoms with Gasteiger partial charge in [-0.1, -0.05) is 0 Å². The average molecular weight is 279 g/mol. The number of nitrogens with zero attached hydrogens (tertiary/aromatic N) is 1. The monoisotopic (exact) mass is 279 g/mol. The highest BCUT2D eigenvalue weighted by atomic mass is 16.4. The summed E-state index contributed by atoms with van der Waals surface area (Å²) in [6.07, 6.45) is 0. The molecule has 0 bridgehead atoms. The van der Waals surface area contributed by atoms with Crippen molar-refractivity contribution in [3.8, 4) is 0 Å². The molecule has 1 saturated heterocycles. The standard InChI is InChI=1S/C4H7N3O.C3H4O3.C2H6O.CH4O/c1-7-2-3(8)6-4(7)5;1-2(4)3(5)6;1-2-3;1-2/h2H2,1H3,(H2,5,6,8);1H3,(H,5,6);3H,2H2,1H3;2H,1H3. The van der Waals surface area contributed by atoms with Crippen molar-refractivity contribution in [3.05, 3.63) is 0 Å². The molecule has 0 aliphatic carbocycles. The van der Waals surface area contributed by atoms with Gasteiger partial charge < -0.3 is 20.2 Å². The lowest BCUT2D eigenvalue weighted by atomic mass is 10.5. The third kappa shape index (κ3) is 16.0. The Balaban J connectivity index is -0.000000207. The van der Waals surface area contributed by atoms with Crippen molar-refractivity contribution in [3.63, 3.8) is 0 Å². The number of Topliss-reactive ketones (excluding diaryl/α,β-unsaturated/α-hetero) is 1. The molecule has 0 saturated carbocycles. The number of aliphatic carboxylic acids is 1. The molecule has 1 rings (SSSR count). The highest BCUT2D eigenvalue weighted by Crippen LogP contribution is 1.89. The Morgan fingerprint density at radius 3 is 1.79 bits per heavy atom. The number of carbonyl (C=O) groups excluding carboxylic acids is 2. The zero-order valence-electron chi connectivity index (χ0n) is 11.4. The summed E-state index contributed by atoms with van der Waals surface area (Å²) in [6, 6.07) is 0. The van der Waals surface area contributed by atoms with E-state index in [1.807, 2.05) is 0 Å². The van der Waals surface area contributed by atoms with E-state index < -0.39 is 11.8 Å². The summed E-state index contributed by atoms with van der Waals surface area (Å²) >= 11 is 0. The van der Waals surface area contributed by atoms with Gasteiger partial charge in [-0.25, -0.2) is 4.79 Å². The Labute approximate surface area is 111 Å². The molecule has 0 unspecified atom stereocenters. The molecule has 9 heteroatoms. The van der Waals surface area contributed by atoms with Gasteiger partial charge in [-0.2, -0.15) is 0 Å². The fourth-order valence-corrected chi connectivity index (χ4v) is 0.561. The maximum absolute atomic E-state index is 10.4. The fraction of sp³-hybridized carbons (Fsp3) is 0.600. The van der Waals surface area contributed by atoms with Crippen LogP contribution in [0.2, 0.25) is 0 Å². The highest BCUT2D eigenvalue weighted by molar-refractivity contribution is 6.31. The topological polar surface area (TPSA) is 151 Å². The maximum Gasteiger partial charge on any atom is 0.371 e. The number of aliphatic hydroxyl groups is 2. The third-order valence-electron chi connectivity index (χ3n) is 1.32. The predicted octanol–water partition coefficient (Wildman–Crippen LogP) is -1.75. The molecule has 0 radical (unpaired) electrons. The minimum atomic E-state index is -1.38. The number of likely N-dealkylation sites (N-methyl/N-ethyl adjacent to an activating group) is 1. The third-order valence-corrected chi connectivity index (χ3v) is 1.32. The van der Waals surface area contributed by atoms with Crippen molar-refractivity contribution in [1.29, 1.82) is 5.41 Å². The number of guanidine groups is 1. The molecule has 1 aliphatic heterocycles. The van der Waals surface area contributed by atoms with Crippen molar-refractivity contribution in [2.75, 3.05) is 27.3 Å². The van der Waals surface area contributed by atoms with Gasteiger partial charge in [0.05, 0.1) is 6.54 Å². The van der Waals surface area contributed by atoms with Gasteiger partial charge in [0, 0.05) is 27.7 Å². The lowest BCUT2D eigenvalue weighted by molar-refractivity contribution is -0.148. The smallest absolute Gasteiger partial charge is 0.371 e. The molecule has 0 spiro atoms. The lowest BCUT2D eigenvalue weighted by Crippen LogP contribution is -2.25. The normalized spacial score (nSPS) is 11.8. The van der Waals surface area contributed by atoms with Gasteiger partial charge in [0.25, 0.3) is 0 Å². The number of hydrogen-bond donors (Lipinski definition) is 5. The van der Waals surface area contributed by atoms with E-state index in [9.17, 15) is 14.4 Å². The number of amides is 1. The molecule has 1 fully saturated rings. The zero-order valence-corrected chi connectivity index (χ0v) is 11.4. The van der Waals surface area contributed by atoms with Crippen LogP contribution in [0.1, 0.15) is 13.8 Å². The number of aliphatic hydroxyl groups excluding tert-OH is 2. The molecule has 9 nitrogen and oxygen atoms in total. The number of rotatable bonds is 1. The van der Waals surface area contributed by atoms with Gasteiger partial charge in [0.15, 0.2) is 5.96 Å². The molecule has 0 aromatic heterocycles. The number of carboxylic acids is 1. The van der Waals surface area contributed by atoms with Crippen LogP contribution in [-0.2, 0) is 14.4 Å². The Kier molecular flexibility index (Phi) is 16.4. The van der Waals surface area contributed by atoms with E-state index in [1.54, 1.807) is 18.9 Å². The summed E-state index contributed by atoms with van der Waals surface area (Å²) in [4.78, 5) is 30.8. The van der Waals surface area contributed by atoms with Gasteiger partial charge in [0.1, 0.15) is 0 Å². The minimum Gasteiger partial charge on any atom is -0.476 e. The summed E-state index contributed by atoms with van der Waals surface area (Å²) in [7, 11) is 2.69. The molecule has 0 atom stereocenters. The first-order valence-electron chi connectivity index (χ1n) is 5.15. The zero-order chi connectivity index (χ0) is 16.0. The average Bonchev–Trinajstić information content (AvgIpc) is 2.60. The first-order chi connectivity index (χ1) is 8.76. The number of ketones is 1. The van der Waals surface area contributed by atoms with E-state index in [2.05, 4.69) is 5.32 Å². The number of carboxylic acid groups (broad SMARTS) is 1. The van der Waals surface area contributed by atoms with E-state index in [4.69, 9.17) is 20.7 Å². The molecule has 0 aromatic rings. The van der Waals surface area contributed by atoms with Crippen LogP contribution >= 0.6 is 0 Å². The molecular formula is C10H21N3O6. The molecular weight excluding hydrogens is 258 g/mol. The Morgan fingerprint density at radius 1 is 1.42 bits per heavy atom. The summed E-state index contributed by atoms with van der Waals surface area (Å²) in [5.74, 6) is -2.11. The molecule has 5 N–H and O–H groups in total. The molecule has 1 aliphatic rings. The van der Waals surface area contributed by atoms with Crippen LogP contribution in [0.4, 0.5) is 0 Å². The predicted molar refractivity (Wildman–Crippen MR) is 67.7 cm³/mol. The van der Waals surface area contributed by atoms with E-state index in [0.29, 0.717) is 6.54 Å². The van der Waals surface area contributed by atoms with Crippen LogP contribution in [-0.4, -0.2) is 71.1 Å². The SMILES string of the molecule is CC(=O)C(=O)O.CCO.CN1CC(=O)NC1=N.CO. The van der Waals surface area contributed by atoms with E-state index in [1.165, 1.54) is 0 Å². The van der Waals surface area contributed by atoms with E-state index >= 15 is 0 Å². The molecule has 0 aromatic carbocycles. The Hall–Kier alpha value is -2.00. The van der Waals surface area contributed by atoms with Crippen molar-refractivity contribution >= 4 is 23.6 Å². The fourth-order valence-electron chi connectivity index (χ4n) is 0.561. The first-order valence-corrected chi connectivity index (χ1v) is 5.15. The highest BCUT2D eigenvalue weighted by Gasteiger charge is 2.18. The van der Waals surface area contributed by atoms with E-state index in [0.717, 1.165) is 14.0 Å². The van der Waals surface area contributed by atoms with Crippen molar-refractivity contribution in [2.45, 2.75) is 13.8 Å². The Morgan fingerprint density at radius 2 is 1.74 bits per heavy atom. The number of hydrogen-bond acceptors (Lipinski definition) is 6. The van der Waals surface area contributed by atoms with Crippen LogP contribution in [0.3, 0.4) is 0 Å². The van der Waals surface area contributed by atoms with Gasteiger partial charge in [-0.3, -0.25) is 20.3 Å². The largest absolute Gasteiger partial charge is 0.476 e. The van der Waals surface area contributed by atoms with Crippen LogP contribution < -0.4 is 5.32 Å². The minimum absolute atomic E-state index is 0.0995. The Bertz CT molecular complexity index is 294. The van der Waals surface area contributed by atoms with Crippen molar-refractivity contribution in [2.24, 2.45) is 0 Å². The summed E-state index contributed by atoms with van der Waals surface area (Å²) in [6.45, 7) is 3.25. The van der Waals surface area contributed by atoms with Crippen LogP contribution in [0.5, 0.6) is 0 Å². The second kappa shape index (κ2) is 14.1. The molecule has 1 amide bonds. The molecule has 112 valence electrons. The maximum atomic E-state index is 10.4. The van der Waals surface area contributed by atoms with Crippen LogP contribution in [0, 0.1) is 5.41 Å². The second-order valence-electron chi connectivity index (χ2n) is 2.93. The van der Waals surface area contributed by atoms with Crippen molar-refractivity contribution in [1.82, 2.24) is 10.2 Å². The van der Waals surface area contributed by atoms with Crippen molar-refractivity contribution < 1.29 is 29.7 Å². The van der Waals surface area contributed by atoms with Gasteiger partial charge in [-0.15, -0.1) is 0 Å². The van der Waals surface area contributed by atoms with Gasteiger partial charge >= 0.3 is 5.97 Å². The molecule has 19 heavy (non-hydrogen) atoms. The lowest BCUT2D eigenvalue weighted by Gasteiger charge is -2.03. The van der Waals surface area contributed by atoms with Crippen LogP contribution in [0.15, 0.2) is 0 Å². The summed E-state index contributed by atoms with van der Waals surface area (Å²) in [5.41, 5.74) is 0. The summed E-state index contributed by atoms with van der Waals surface area (Å²) in [5, 5.41) is 31.5. The van der Waals surface area contributed by atoms with E-state index in [-0.39, 0.29) is 18.5 Å². The van der Waals surface area contributed by atoms with Gasteiger partial charge in [-0.05, 0) is 6.92 Å². The quantitative estimate of drug-likeness (QED) is 0.357. The number of carbonyl (C=O) groups is 3. The second-order valence-corrected chi connectivity index (χ2v) is 2.93. The first kappa shape index (κ1) is 22.2. The van der Waals surface area contributed by atoms with Gasteiger partial charge in [0.2, 0.25) is 11.7 Å². The molecule has 1 heterocycles.